The Morgan fingerprint density at radius 1 is 0.903 bits per heavy atom. The minimum Gasteiger partial charge on any atom is -0.497 e. The van der Waals surface area contributed by atoms with Crippen molar-refractivity contribution in [1.82, 2.24) is 9.78 Å². The second-order valence-corrected chi connectivity index (χ2v) is 6.96. The molecule has 156 valence electrons. The molecule has 1 amide bonds. The molecule has 1 aromatic heterocycles. The average molecular weight is 413 g/mol. The summed E-state index contributed by atoms with van der Waals surface area (Å²) < 4.78 is 12.5. The number of hydrogen-bond donors (Lipinski definition) is 1. The summed E-state index contributed by atoms with van der Waals surface area (Å²) in [4.78, 5) is 13.2. The molecule has 0 aliphatic rings. The molecule has 0 spiro atoms. The van der Waals surface area contributed by atoms with Gasteiger partial charge in [0.05, 0.1) is 26.3 Å². The van der Waals surface area contributed by atoms with Crippen LogP contribution >= 0.6 is 0 Å². The van der Waals surface area contributed by atoms with E-state index >= 15 is 0 Å². The molecule has 3 aromatic carbocycles. The van der Waals surface area contributed by atoms with Crippen molar-refractivity contribution in [3.8, 4) is 22.8 Å². The fourth-order valence-corrected chi connectivity index (χ4v) is 3.35. The molecule has 1 heterocycles. The van der Waals surface area contributed by atoms with E-state index in [9.17, 15) is 4.79 Å². The maximum atomic E-state index is 13.2. The fourth-order valence-electron chi connectivity index (χ4n) is 3.35. The minimum atomic E-state index is -0.245. The second kappa shape index (κ2) is 9.17. The van der Waals surface area contributed by atoms with Crippen LogP contribution in [0.5, 0.6) is 11.5 Å². The number of para-hydroxylation sites is 1. The Balaban J connectivity index is 1.70. The lowest BCUT2D eigenvalue weighted by Gasteiger charge is -2.09. The summed E-state index contributed by atoms with van der Waals surface area (Å²) in [5, 5.41) is 7.68. The number of ether oxygens (including phenoxy) is 2. The molecular formula is C25H23N3O3. The monoisotopic (exact) mass is 413 g/mol. The molecular weight excluding hydrogens is 390 g/mol. The highest BCUT2D eigenvalue weighted by Crippen LogP contribution is 2.31. The van der Waals surface area contributed by atoms with Gasteiger partial charge in [-0.05, 0) is 42.0 Å². The molecule has 0 bridgehead atoms. The van der Waals surface area contributed by atoms with Gasteiger partial charge in [0.15, 0.2) is 0 Å². The van der Waals surface area contributed by atoms with Crippen LogP contribution in [0.25, 0.3) is 11.3 Å². The SMILES string of the molecule is COc1ccc(NC(=O)c2cn(Cc3ccccc3)nc2-c2ccccc2OC)cc1. The number of nitrogens with zero attached hydrogens (tertiary/aromatic N) is 2. The van der Waals surface area contributed by atoms with Crippen molar-refractivity contribution in [2.45, 2.75) is 6.54 Å². The standard InChI is InChI=1S/C25H23N3O3/c1-30-20-14-12-19(13-15-20)26-25(29)22-17-28(16-18-8-4-3-5-9-18)27-24(22)21-10-6-7-11-23(21)31-2/h3-15,17H,16H2,1-2H3,(H,26,29). The summed E-state index contributed by atoms with van der Waals surface area (Å²) in [7, 11) is 3.21. The lowest BCUT2D eigenvalue weighted by atomic mass is 10.1. The van der Waals surface area contributed by atoms with Crippen molar-refractivity contribution >= 4 is 11.6 Å². The molecule has 0 aliphatic heterocycles. The zero-order valence-corrected chi connectivity index (χ0v) is 17.4. The zero-order valence-electron chi connectivity index (χ0n) is 17.4. The van der Waals surface area contributed by atoms with Crippen LogP contribution in [0.2, 0.25) is 0 Å². The number of methoxy groups -OCH3 is 2. The van der Waals surface area contributed by atoms with Crippen LogP contribution < -0.4 is 14.8 Å². The van der Waals surface area contributed by atoms with E-state index in [0.29, 0.717) is 29.2 Å². The highest BCUT2D eigenvalue weighted by molar-refractivity contribution is 6.08. The predicted octanol–water partition coefficient (Wildman–Crippen LogP) is 4.87. The summed E-state index contributed by atoms with van der Waals surface area (Å²) in [6.45, 7) is 0.554. The van der Waals surface area contributed by atoms with E-state index in [4.69, 9.17) is 14.6 Å². The van der Waals surface area contributed by atoms with Gasteiger partial charge in [0.1, 0.15) is 17.2 Å². The highest BCUT2D eigenvalue weighted by atomic mass is 16.5. The van der Waals surface area contributed by atoms with Gasteiger partial charge in [-0.1, -0.05) is 42.5 Å². The van der Waals surface area contributed by atoms with Crippen molar-refractivity contribution in [1.29, 1.82) is 0 Å². The number of benzene rings is 3. The molecule has 4 rings (SSSR count). The molecule has 0 radical (unpaired) electrons. The molecule has 31 heavy (non-hydrogen) atoms. The number of hydrogen-bond acceptors (Lipinski definition) is 4. The van der Waals surface area contributed by atoms with E-state index in [-0.39, 0.29) is 5.91 Å². The van der Waals surface area contributed by atoms with Gasteiger partial charge < -0.3 is 14.8 Å². The molecule has 1 N–H and O–H groups in total. The van der Waals surface area contributed by atoms with Gasteiger partial charge in [-0.15, -0.1) is 0 Å². The number of carbonyl (C=O) groups excluding carboxylic acids is 1. The largest absolute Gasteiger partial charge is 0.497 e. The number of carbonyl (C=O) groups is 1. The van der Waals surface area contributed by atoms with E-state index in [0.717, 1.165) is 16.9 Å². The maximum Gasteiger partial charge on any atom is 0.259 e. The third-order valence-corrected chi connectivity index (χ3v) is 4.90. The van der Waals surface area contributed by atoms with E-state index in [1.165, 1.54) is 0 Å². The van der Waals surface area contributed by atoms with Gasteiger partial charge in [0.25, 0.3) is 5.91 Å². The Kier molecular flexibility index (Phi) is 5.98. The number of rotatable bonds is 7. The van der Waals surface area contributed by atoms with Crippen LogP contribution in [0.15, 0.2) is 85.1 Å². The predicted molar refractivity (Wildman–Crippen MR) is 121 cm³/mol. The van der Waals surface area contributed by atoms with Crippen molar-refractivity contribution in [2.24, 2.45) is 0 Å². The lowest BCUT2D eigenvalue weighted by Crippen LogP contribution is -2.12. The van der Waals surface area contributed by atoms with Gasteiger partial charge in [-0.2, -0.15) is 5.10 Å². The molecule has 0 saturated carbocycles. The van der Waals surface area contributed by atoms with E-state index in [2.05, 4.69) is 5.32 Å². The lowest BCUT2D eigenvalue weighted by molar-refractivity contribution is 0.102. The molecule has 0 atom stereocenters. The zero-order chi connectivity index (χ0) is 21.6. The van der Waals surface area contributed by atoms with E-state index in [1.807, 2.05) is 54.6 Å². The van der Waals surface area contributed by atoms with Gasteiger partial charge in [0.2, 0.25) is 0 Å². The first-order chi connectivity index (χ1) is 15.2. The van der Waals surface area contributed by atoms with Gasteiger partial charge >= 0.3 is 0 Å². The number of anilines is 1. The van der Waals surface area contributed by atoms with Crippen LogP contribution in [0.1, 0.15) is 15.9 Å². The molecule has 6 heteroatoms. The summed E-state index contributed by atoms with van der Waals surface area (Å²) in [5.74, 6) is 1.14. The second-order valence-electron chi connectivity index (χ2n) is 6.96. The van der Waals surface area contributed by atoms with Gasteiger partial charge in [-0.25, -0.2) is 0 Å². The van der Waals surface area contributed by atoms with Crippen molar-refractivity contribution in [3.05, 3.63) is 96.2 Å². The Labute approximate surface area is 181 Å². The first-order valence-electron chi connectivity index (χ1n) is 9.88. The molecule has 0 fully saturated rings. The number of aromatic nitrogens is 2. The first kappa shape index (κ1) is 20.2. The fraction of sp³-hybridized carbons (Fsp3) is 0.120. The average Bonchev–Trinajstić information content (AvgIpc) is 3.24. The topological polar surface area (TPSA) is 65.4 Å². The van der Waals surface area contributed by atoms with E-state index in [1.54, 1.807) is 49.4 Å². The number of nitrogens with one attached hydrogen (secondary N) is 1. The van der Waals surface area contributed by atoms with Crippen molar-refractivity contribution < 1.29 is 14.3 Å². The minimum absolute atomic E-state index is 0.245. The smallest absolute Gasteiger partial charge is 0.259 e. The van der Waals surface area contributed by atoms with E-state index < -0.39 is 0 Å². The van der Waals surface area contributed by atoms with Crippen molar-refractivity contribution in [3.63, 3.8) is 0 Å². The third kappa shape index (κ3) is 4.59. The Hall–Kier alpha value is -4.06. The number of amides is 1. The normalized spacial score (nSPS) is 10.5. The molecule has 4 aromatic rings. The molecule has 0 unspecified atom stereocenters. The Morgan fingerprint density at radius 3 is 2.32 bits per heavy atom. The van der Waals surface area contributed by atoms with Crippen LogP contribution in [-0.2, 0) is 6.54 Å². The Bertz CT molecular complexity index is 1170. The first-order valence-corrected chi connectivity index (χ1v) is 9.88. The quantitative estimate of drug-likeness (QED) is 0.470. The van der Waals surface area contributed by atoms with Gasteiger partial charge in [0, 0.05) is 17.4 Å². The van der Waals surface area contributed by atoms with Crippen LogP contribution in [0.3, 0.4) is 0 Å². The third-order valence-electron chi connectivity index (χ3n) is 4.90. The van der Waals surface area contributed by atoms with Gasteiger partial charge in [-0.3, -0.25) is 9.48 Å². The summed E-state index contributed by atoms with van der Waals surface area (Å²) in [6, 6.07) is 24.7. The molecule has 6 nitrogen and oxygen atoms in total. The maximum absolute atomic E-state index is 13.2. The molecule has 0 saturated heterocycles. The van der Waals surface area contributed by atoms with Crippen LogP contribution in [0.4, 0.5) is 5.69 Å². The van der Waals surface area contributed by atoms with Crippen molar-refractivity contribution in [2.75, 3.05) is 19.5 Å². The summed E-state index contributed by atoms with van der Waals surface area (Å²) in [6.07, 6.45) is 1.77. The van der Waals surface area contributed by atoms with Crippen LogP contribution in [-0.4, -0.2) is 29.9 Å². The summed E-state index contributed by atoms with van der Waals surface area (Å²) in [5.41, 5.74) is 3.57. The highest BCUT2D eigenvalue weighted by Gasteiger charge is 2.21. The Morgan fingerprint density at radius 2 is 1.61 bits per heavy atom. The summed E-state index contributed by atoms with van der Waals surface area (Å²) >= 11 is 0. The van der Waals surface area contributed by atoms with Crippen LogP contribution in [0, 0.1) is 0 Å². The molecule has 0 aliphatic carbocycles.